The molecule has 0 saturated carbocycles. The molecule has 0 aliphatic carbocycles. The van der Waals surface area contributed by atoms with Gasteiger partial charge >= 0.3 is 6.18 Å². The van der Waals surface area contributed by atoms with Crippen molar-refractivity contribution < 1.29 is 22.7 Å². The van der Waals surface area contributed by atoms with Gasteiger partial charge in [0.1, 0.15) is 6.61 Å². The van der Waals surface area contributed by atoms with Crippen LogP contribution in [0.25, 0.3) is 0 Å². The molecule has 0 aromatic carbocycles. The van der Waals surface area contributed by atoms with Gasteiger partial charge in [-0.25, -0.2) is 0 Å². The number of alkyl halides is 3. The van der Waals surface area contributed by atoms with Gasteiger partial charge in [0.15, 0.2) is 0 Å². The van der Waals surface area contributed by atoms with Crippen molar-refractivity contribution in [1.82, 2.24) is 15.1 Å². The maximum atomic E-state index is 12.2. The summed E-state index contributed by atoms with van der Waals surface area (Å²) >= 11 is 0. The number of nitrogens with zero attached hydrogens (tertiary/aromatic N) is 2. The standard InChI is InChI=1S/C15H26F3N3O2.ClH/c16-15(17,18)12-23-10-2-5-20-6-8-21(9-7-20)14(22)11-13-3-1-4-19-13;/h13,19H,1-12H2;1H. The average Bonchev–Trinajstić information content (AvgIpc) is 2.99. The van der Waals surface area contributed by atoms with E-state index >= 15 is 0 Å². The highest BCUT2D eigenvalue weighted by atomic mass is 35.5. The van der Waals surface area contributed by atoms with Crippen LogP contribution in [0.1, 0.15) is 25.7 Å². The largest absolute Gasteiger partial charge is 0.411 e. The van der Waals surface area contributed by atoms with Gasteiger partial charge < -0.3 is 15.0 Å². The van der Waals surface area contributed by atoms with E-state index in [4.69, 9.17) is 0 Å². The predicted molar refractivity (Wildman–Crippen MR) is 87.4 cm³/mol. The molecule has 0 aromatic heterocycles. The first-order valence-corrected chi connectivity index (χ1v) is 8.32. The van der Waals surface area contributed by atoms with Gasteiger partial charge in [-0.1, -0.05) is 0 Å². The average molecular weight is 374 g/mol. The zero-order valence-electron chi connectivity index (χ0n) is 13.8. The van der Waals surface area contributed by atoms with Gasteiger partial charge in [0.25, 0.3) is 0 Å². The molecule has 2 fully saturated rings. The highest BCUT2D eigenvalue weighted by Gasteiger charge is 2.27. The predicted octanol–water partition coefficient (Wildman–Crippen LogP) is 1.66. The second-order valence-corrected chi connectivity index (χ2v) is 6.24. The smallest absolute Gasteiger partial charge is 0.372 e. The summed E-state index contributed by atoms with van der Waals surface area (Å²) in [6, 6.07) is 0.325. The highest BCUT2D eigenvalue weighted by Crippen LogP contribution is 2.15. The fourth-order valence-electron chi connectivity index (χ4n) is 3.07. The lowest BCUT2D eigenvalue weighted by atomic mass is 10.1. The van der Waals surface area contributed by atoms with Crippen LogP contribution in [0.5, 0.6) is 0 Å². The second-order valence-electron chi connectivity index (χ2n) is 6.24. The minimum absolute atomic E-state index is 0. The molecule has 1 N–H and O–H groups in total. The summed E-state index contributed by atoms with van der Waals surface area (Å²) in [5, 5.41) is 3.33. The number of piperazine rings is 1. The van der Waals surface area contributed by atoms with Crippen molar-refractivity contribution >= 4 is 18.3 Å². The Kier molecular flexibility index (Phi) is 9.33. The molecule has 24 heavy (non-hydrogen) atoms. The Morgan fingerprint density at radius 1 is 1.21 bits per heavy atom. The summed E-state index contributed by atoms with van der Waals surface area (Å²) in [7, 11) is 0. The Labute approximate surface area is 147 Å². The zero-order valence-corrected chi connectivity index (χ0v) is 14.6. The van der Waals surface area contributed by atoms with Gasteiger partial charge in [-0.3, -0.25) is 9.69 Å². The van der Waals surface area contributed by atoms with E-state index in [-0.39, 0.29) is 24.9 Å². The maximum Gasteiger partial charge on any atom is 0.411 e. The van der Waals surface area contributed by atoms with Crippen LogP contribution in [0.4, 0.5) is 13.2 Å². The van der Waals surface area contributed by atoms with Crippen LogP contribution in [-0.4, -0.2) is 80.4 Å². The van der Waals surface area contributed by atoms with E-state index in [1.165, 1.54) is 0 Å². The number of halogens is 4. The SMILES string of the molecule is Cl.O=C(CC1CCCN1)N1CCN(CCCOCC(F)(F)F)CC1. The molecule has 0 aromatic rings. The van der Waals surface area contributed by atoms with Crippen molar-refractivity contribution in [1.29, 1.82) is 0 Å². The minimum atomic E-state index is -4.25. The van der Waals surface area contributed by atoms with Crippen LogP contribution in [-0.2, 0) is 9.53 Å². The highest BCUT2D eigenvalue weighted by molar-refractivity contribution is 5.85. The molecule has 2 rings (SSSR count). The molecule has 1 amide bonds. The summed E-state index contributed by atoms with van der Waals surface area (Å²) in [6.45, 7) is 3.62. The van der Waals surface area contributed by atoms with Gasteiger partial charge in [0, 0.05) is 51.8 Å². The van der Waals surface area contributed by atoms with Gasteiger partial charge in [-0.2, -0.15) is 13.2 Å². The monoisotopic (exact) mass is 373 g/mol. The number of carbonyl (C=O) groups is 1. The Hall–Kier alpha value is -0.570. The van der Waals surface area contributed by atoms with Crippen molar-refractivity contribution in [2.24, 2.45) is 0 Å². The van der Waals surface area contributed by atoms with Crippen LogP contribution < -0.4 is 5.32 Å². The first-order chi connectivity index (χ1) is 10.9. The first-order valence-electron chi connectivity index (χ1n) is 8.32. The summed E-state index contributed by atoms with van der Waals surface area (Å²) in [6.07, 6.45) is -0.882. The molecule has 5 nitrogen and oxygen atoms in total. The van der Waals surface area contributed by atoms with E-state index in [0.717, 1.165) is 32.5 Å². The van der Waals surface area contributed by atoms with Crippen LogP contribution in [0.2, 0.25) is 0 Å². The zero-order chi connectivity index (χ0) is 16.7. The van der Waals surface area contributed by atoms with Crippen LogP contribution in [0.15, 0.2) is 0 Å². The van der Waals surface area contributed by atoms with Gasteiger partial charge in [0.05, 0.1) is 0 Å². The summed E-state index contributed by atoms with van der Waals surface area (Å²) < 4.78 is 40.4. The van der Waals surface area contributed by atoms with Crippen molar-refractivity contribution in [2.45, 2.75) is 37.9 Å². The van der Waals surface area contributed by atoms with Crippen molar-refractivity contribution in [3.63, 3.8) is 0 Å². The normalized spacial score (nSPS) is 22.5. The fraction of sp³-hybridized carbons (Fsp3) is 0.933. The molecule has 1 atom stereocenters. The summed E-state index contributed by atoms with van der Waals surface area (Å²) in [5.41, 5.74) is 0. The van der Waals surface area contributed by atoms with E-state index in [1.807, 2.05) is 4.90 Å². The van der Waals surface area contributed by atoms with E-state index in [0.29, 0.717) is 38.5 Å². The second kappa shape index (κ2) is 10.4. The van der Waals surface area contributed by atoms with Crippen molar-refractivity contribution in [3.05, 3.63) is 0 Å². The molecule has 0 spiro atoms. The number of carbonyl (C=O) groups excluding carboxylic acids is 1. The number of hydrogen-bond acceptors (Lipinski definition) is 4. The first kappa shape index (κ1) is 21.5. The van der Waals surface area contributed by atoms with E-state index in [9.17, 15) is 18.0 Å². The van der Waals surface area contributed by atoms with E-state index < -0.39 is 12.8 Å². The van der Waals surface area contributed by atoms with Gasteiger partial charge in [0.2, 0.25) is 5.91 Å². The Morgan fingerprint density at radius 2 is 1.92 bits per heavy atom. The molecule has 142 valence electrons. The molecule has 2 aliphatic rings. The van der Waals surface area contributed by atoms with Crippen molar-refractivity contribution in [2.75, 3.05) is 52.5 Å². The molecule has 2 aliphatic heterocycles. The van der Waals surface area contributed by atoms with E-state index in [1.54, 1.807) is 0 Å². The molecule has 2 saturated heterocycles. The molecular weight excluding hydrogens is 347 g/mol. The Bertz CT molecular complexity index is 371. The molecule has 2 heterocycles. The Balaban J connectivity index is 0.00000288. The molecule has 1 unspecified atom stereocenters. The lowest BCUT2D eigenvalue weighted by Gasteiger charge is -2.35. The molecule has 9 heteroatoms. The van der Waals surface area contributed by atoms with Crippen LogP contribution in [0, 0.1) is 0 Å². The topological polar surface area (TPSA) is 44.8 Å². The van der Waals surface area contributed by atoms with Crippen LogP contribution >= 0.6 is 12.4 Å². The number of rotatable bonds is 7. The van der Waals surface area contributed by atoms with Crippen molar-refractivity contribution in [3.8, 4) is 0 Å². The minimum Gasteiger partial charge on any atom is -0.372 e. The third-order valence-electron chi connectivity index (χ3n) is 4.34. The number of nitrogens with one attached hydrogen (secondary N) is 1. The molecular formula is C15H27ClF3N3O2. The van der Waals surface area contributed by atoms with Gasteiger partial charge in [-0.15, -0.1) is 12.4 Å². The lowest BCUT2D eigenvalue weighted by molar-refractivity contribution is -0.174. The maximum absolute atomic E-state index is 12.2. The number of hydrogen-bond donors (Lipinski definition) is 1. The third kappa shape index (κ3) is 8.00. The quantitative estimate of drug-likeness (QED) is 0.689. The molecule has 0 radical (unpaired) electrons. The summed E-state index contributed by atoms with van der Waals surface area (Å²) in [5.74, 6) is 0.206. The fourth-order valence-corrected chi connectivity index (χ4v) is 3.07. The summed E-state index contributed by atoms with van der Waals surface area (Å²) in [4.78, 5) is 16.3. The van der Waals surface area contributed by atoms with Crippen LogP contribution in [0.3, 0.4) is 0 Å². The number of amides is 1. The van der Waals surface area contributed by atoms with Gasteiger partial charge in [-0.05, 0) is 25.8 Å². The number of ether oxygens (including phenoxy) is 1. The third-order valence-corrected chi connectivity index (χ3v) is 4.34. The molecule has 0 bridgehead atoms. The van der Waals surface area contributed by atoms with E-state index in [2.05, 4.69) is 15.0 Å². The Morgan fingerprint density at radius 3 is 2.50 bits per heavy atom. The lowest BCUT2D eigenvalue weighted by Crippen LogP contribution is -2.49.